The van der Waals surface area contributed by atoms with Gasteiger partial charge in [-0.05, 0) is 36.6 Å². The minimum Gasteiger partial charge on any atom is -0.426 e. The zero-order valence-electron chi connectivity index (χ0n) is 10.3. The number of nitrogens with one attached hydrogen (secondary N) is 1. The van der Waals surface area contributed by atoms with E-state index in [9.17, 15) is 9.59 Å². The second-order valence-electron chi connectivity index (χ2n) is 4.57. The summed E-state index contributed by atoms with van der Waals surface area (Å²) in [5.74, 6) is 0.452. The Labute approximate surface area is 110 Å². The highest BCUT2D eigenvalue weighted by Gasteiger charge is 2.17. The van der Waals surface area contributed by atoms with Crippen LogP contribution in [0.15, 0.2) is 45.6 Å². The van der Waals surface area contributed by atoms with Crippen LogP contribution in [0.5, 0.6) is 0 Å². The molecular formula is C15H13NO3. The number of carbonyl (C=O) groups excluding carboxylic acids is 1. The molecule has 1 aromatic heterocycles. The highest BCUT2D eigenvalue weighted by Crippen LogP contribution is 2.22. The maximum absolute atomic E-state index is 12.0. The standard InChI is InChI=1S/C15H13NO3/c17-14(10-5-2-1-3-6-10)16-12-9-11-7-4-8-13(11)19-15(12)18/h1-3,5-6,9H,4,7-8H2,(H,16,17). The smallest absolute Gasteiger partial charge is 0.359 e. The van der Waals surface area contributed by atoms with Gasteiger partial charge < -0.3 is 9.73 Å². The molecule has 1 aliphatic carbocycles. The van der Waals surface area contributed by atoms with Crippen LogP contribution in [-0.4, -0.2) is 5.91 Å². The maximum Gasteiger partial charge on any atom is 0.359 e. The number of hydrogen-bond donors (Lipinski definition) is 1. The first-order chi connectivity index (χ1) is 9.24. The molecule has 19 heavy (non-hydrogen) atoms. The second-order valence-corrected chi connectivity index (χ2v) is 4.57. The Bertz CT molecular complexity index is 674. The molecule has 0 fully saturated rings. The summed E-state index contributed by atoms with van der Waals surface area (Å²) in [6.07, 6.45) is 2.69. The molecule has 0 atom stereocenters. The number of aryl methyl sites for hydroxylation is 2. The van der Waals surface area contributed by atoms with Gasteiger partial charge in [0.05, 0.1) is 0 Å². The first-order valence-corrected chi connectivity index (χ1v) is 6.26. The molecule has 3 rings (SSSR count). The summed E-state index contributed by atoms with van der Waals surface area (Å²) in [7, 11) is 0. The predicted octanol–water partition coefficient (Wildman–Crippen LogP) is 2.38. The Hall–Kier alpha value is -2.36. The van der Waals surface area contributed by atoms with Gasteiger partial charge in [0.15, 0.2) is 0 Å². The van der Waals surface area contributed by atoms with E-state index in [0.717, 1.165) is 30.6 Å². The van der Waals surface area contributed by atoms with Crippen molar-refractivity contribution in [1.29, 1.82) is 0 Å². The minimum absolute atomic E-state index is 0.217. The van der Waals surface area contributed by atoms with Crippen molar-refractivity contribution in [3.8, 4) is 0 Å². The van der Waals surface area contributed by atoms with Crippen LogP contribution < -0.4 is 10.9 Å². The molecule has 1 aromatic carbocycles. The number of benzene rings is 1. The van der Waals surface area contributed by atoms with Gasteiger partial charge in [-0.2, -0.15) is 0 Å². The molecule has 0 unspecified atom stereocenters. The van der Waals surface area contributed by atoms with Gasteiger partial charge in [0.1, 0.15) is 11.4 Å². The molecule has 0 bridgehead atoms. The fourth-order valence-electron chi connectivity index (χ4n) is 2.28. The van der Waals surface area contributed by atoms with Crippen LogP contribution in [0.25, 0.3) is 0 Å². The first kappa shape index (κ1) is 11.7. The van der Waals surface area contributed by atoms with E-state index in [1.807, 2.05) is 6.07 Å². The number of hydrogen-bond acceptors (Lipinski definition) is 3. The Morgan fingerprint density at radius 1 is 1.16 bits per heavy atom. The van der Waals surface area contributed by atoms with E-state index in [4.69, 9.17) is 4.42 Å². The summed E-state index contributed by atoms with van der Waals surface area (Å²) >= 11 is 0. The second kappa shape index (κ2) is 4.72. The fourth-order valence-corrected chi connectivity index (χ4v) is 2.28. The third-order valence-electron chi connectivity index (χ3n) is 3.25. The van der Waals surface area contributed by atoms with Crippen molar-refractivity contribution < 1.29 is 9.21 Å². The summed E-state index contributed by atoms with van der Waals surface area (Å²) in [4.78, 5) is 23.7. The maximum atomic E-state index is 12.0. The molecule has 4 heteroatoms. The molecule has 2 aromatic rings. The summed E-state index contributed by atoms with van der Waals surface area (Å²) in [6.45, 7) is 0. The van der Waals surface area contributed by atoms with Gasteiger partial charge in [-0.25, -0.2) is 4.79 Å². The van der Waals surface area contributed by atoms with E-state index < -0.39 is 5.63 Å². The molecule has 96 valence electrons. The Morgan fingerprint density at radius 3 is 2.74 bits per heavy atom. The molecule has 0 aliphatic heterocycles. The fraction of sp³-hybridized carbons (Fsp3) is 0.200. The van der Waals surface area contributed by atoms with E-state index in [2.05, 4.69) is 5.32 Å². The molecule has 1 aliphatic rings. The molecule has 1 heterocycles. The number of rotatable bonds is 2. The normalized spacial score (nSPS) is 13.1. The van der Waals surface area contributed by atoms with Crippen LogP contribution >= 0.6 is 0 Å². The monoisotopic (exact) mass is 255 g/mol. The van der Waals surface area contributed by atoms with Crippen LogP contribution in [0.1, 0.15) is 28.1 Å². The van der Waals surface area contributed by atoms with Crippen molar-refractivity contribution >= 4 is 11.6 Å². The minimum atomic E-state index is -0.482. The molecular weight excluding hydrogens is 242 g/mol. The highest BCUT2D eigenvalue weighted by molar-refractivity contribution is 6.04. The van der Waals surface area contributed by atoms with Crippen molar-refractivity contribution in [2.24, 2.45) is 0 Å². The highest BCUT2D eigenvalue weighted by atomic mass is 16.4. The summed E-state index contributed by atoms with van der Waals surface area (Å²) in [5, 5.41) is 2.61. The van der Waals surface area contributed by atoms with E-state index >= 15 is 0 Å². The molecule has 0 saturated carbocycles. The van der Waals surface area contributed by atoms with Gasteiger partial charge in [0.2, 0.25) is 0 Å². The molecule has 0 saturated heterocycles. The third-order valence-corrected chi connectivity index (χ3v) is 3.25. The van der Waals surface area contributed by atoms with Gasteiger partial charge in [-0.1, -0.05) is 18.2 Å². The quantitative estimate of drug-likeness (QED) is 0.896. The van der Waals surface area contributed by atoms with E-state index in [1.165, 1.54) is 0 Å². The van der Waals surface area contributed by atoms with Crippen LogP contribution in [0.3, 0.4) is 0 Å². The number of amides is 1. The van der Waals surface area contributed by atoms with Crippen molar-refractivity contribution in [2.75, 3.05) is 5.32 Å². The Morgan fingerprint density at radius 2 is 1.95 bits per heavy atom. The third kappa shape index (κ3) is 2.29. The lowest BCUT2D eigenvalue weighted by molar-refractivity contribution is 0.102. The average molecular weight is 255 g/mol. The topological polar surface area (TPSA) is 59.3 Å². The lowest BCUT2D eigenvalue weighted by atomic mass is 10.2. The van der Waals surface area contributed by atoms with E-state index in [0.29, 0.717) is 5.56 Å². The first-order valence-electron chi connectivity index (χ1n) is 6.26. The van der Waals surface area contributed by atoms with Crippen molar-refractivity contribution in [3.63, 3.8) is 0 Å². The summed E-state index contributed by atoms with van der Waals surface area (Å²) in [6, 6.07) is 10.5. The van der Waals surface area contributed by atoms with Crippen LogP contribution in [0.2, 0.25) is 0 Å². The number of anilines is 1. The molecule has 1 amide bonds. The van der Waals surface area contributed by atoms with Gasteiger partial charge in [-0.3, -0.25) is 4.79 Å². The zero-order chi connectivity index (χ0) is 13.2. The lowest BCUT2D eigenvalue weighted by Gasteiger charge is -2.05. The molecule has 1 N–H and O–H groups in total. The van der Waals surface area contributed by atoms with Crippen LogP contribution in [0.4, 0.5) is 5.69 Å². The SMILES string of the molecule is O=C(Nc1cc2c(oc1=O)CCC2)c1ccccc1. The van der Waals surface area contributed by atoms with E-state index in [1.54, 1.807) is 30.3 Å². The Kier molecular flexibility index (Phi) is 2.91. The van der Waals surface area contributed by atoms with E-state index in [-0.39, 0.29) is 11.6 Å². The molecule has 0 radical (unpaired) electrons. The van der Waals surface area contributed by atoms with Crippen LogP contribution in [-0.2, 0) is 12.8 Å². The molecule has 0 spiro atoms. The largest absolute Gasteiger partial charge is 0.426 e. The Balaban J connectivity index is 1.88. The zero-order valence-corrected chi connectivity index (χ0v) is 10.3. The summed E-state index contributed by atoms with van der Waals surface area (Å²) < 4.78 is 5.22. The van der Waals surface area contributed by atoms with Gasteiger partial charge >= 0.3 is 5.63 Å². The lowest BCUT2D eigenvalue weighted by Crippen LogP contribution is -2.18. The average Bonchev–Trinajstić information content (AvgIpc) is 2.87. The van der Waals surface area contributed by atoms with Gasteiger partial charge in [0, 0.05) is 12.0 Å². The van der Waals surface area contributed by atoms with Crippen molar-refractivity contribution in [2.45, 2.75) is 19.3 Å². The number of carbonyl (C=O) groups is 1. The van der Waals surface area contributed by atoms with Gasteiger partial charge in [0.25, 0.3) is 5.91 Å². The molecule has 4 nitrogen and oxygen atoms in total. The van der Waals surface area contributed by atoms with Crippen molar-refractivity contribution in [1.82, 2.24) is 0 Å². The van der Waals surface area contributed by atoms with Gasteiger partial charge in [-0.15, -0.1) is 0 Å². The van der Waals surface area contributed by atoms with Crippen LogP contribution in [0, 0.1) is 0 Å². The van der Waals surface area contributed by atoms with Crippen molar-refractivity contribution in [3.05, 3.63) is 63.7 Å². The summed E-state index contributed by atoms with van der Waals surface area (Å²) in [5.41, 5.74) is 1.27. The number of fused-ring (bicyclic) bond motifs is 1. The predicted molar refractivity (Wildman–Crippen MR) is 71.4 cm³/mol.